The number of anilines is 1. The van der Waals surface area contributed by atoms with E-state index in [0.717, 1.165) is 0 Å². The monoisotopic (exact) mass is 362 g/mol. The summed E-state index contributed by atoms with van der Waals surface area (Å²) in [6, 6.07) is 12.9. The Morgan fingerprint density at radius 1 is 1.09 bits per heavy atom. The highest BCUT2D eigenvalue weighted by Crippen LogP contribution is 2.37. The van der Waals surface area contributed by atoms with Crippen molar-refractivity contribution in [2.75, 3.05) is 4.90 Å². The molecule has 116 valence electrons. The highest BCUT2D eigenvalue weighted by atomic mass is 35.5. The average molecular weight is 363 g/mol. The number of nitrogens with zero attached hydrogens (tertiary/aromatic N) is 2. The number of amides is 1. The van der Waals surface area contributed by atoms with Gasteiger partial charge in [0, 0.05) is 18.0 Å². The second-order valence-corrected chi connectivity index (χ2v) is 6.88. The van der Waals surface area contributed by atoms with E-state index in [-0.39, 0.29) is 11.9 Å². The van der Waals surface area contributed by atoms with Crippen LogP contribution in [0.5, 0.6) is 0 Å². The predicted molar refractivity (Wildman–Crippen MR) is 96.0 cm³/mol. The van der Waals surface area contributed by atoms with E-state index >= 15 is 0 Å². The van der Waals surface area contributed by atoms with Crippen molar-refractivity contribution in [2.24, 2.45) is 0 Å². The lowest BCUT2D eigenvalue weighted by Crippen LogP contribution is -2.39. The molecule has 2 heterocycles. The first-order chi connectivity index (χ1) is 11.1. The van der Waals surface area contributed by atoms with E-state index in [1.165, 1.54) is 16.0 Å². The van der Waals surface area contributed by atoms with Crippen molar-refractivity contribution in [1.29, 1.82) is 0 Å². The molecule has 0 aromatic heterocycles. The van der Waals surface area contributed by atoms with Crippen molar-refractivity contribution >= 4 is 52.1 Å². The largest absolute Gasteiger partial charge is 0.332 e. The molecule has 0 saturated carbocycles. The van der Waals surface area contributed by atoms with Crippen LogP contribution < -0.4 is 4.90 Å². The van der Waals surface area contributed by atoms with Crippen LogP contribution in [0.4, 0.5) is 5.69 Å². The molecule has 23 heavy (non-hydrogen) atoms. The molecule has 0 N–H and O–H groups in total. The topological polar surface area (TPSA) is 23.6 Å². The summed E-state index contributed by atoms with van der Waals surface area (Å²) in [4.78, 5) is 16.4. The molecule has 0 aliphatic carbocycles. The summed E-state index contributed by atoms with van der Waals surface area (Å²) in [5.41, 5.74) is 2.95. The fourth-order valence-corrected chi connectivity index (χ4v) is 3.94. The van der Waals surface area contributed by atoms with Crippen molar-refractivity contribution < 1.29 is 4.79 Å². The first kappa shape index (κ1) is 14.9. The minimum Gasteiger partial charge on any atom is -0.332 e. The third kappa shape index (κ3) is 2.33. The molecule has 1 fully saturated rings. The molecule has 1 atom stereocenters. The zero-order valence-corrected chi connectivity index (χ0v) is 14.3. The zero-order chi connectivity index (χ0) is 16.1. The van der Waals surface area contributed by atoms with Crippen molar-refractivity contribution in [1.82, 2.24) is 4.90 Å². The highest BCUT2D eigenvalue weighted by molar-refractivity contribution is 7.80. The van der Waals surface area contributed by atoms with Gasteiger partial charge in [0.25, 0.3) is 5.91 Å². The average Bonchev–Trinajstić information content (AvgIpc) is 2.79. The molecule has 2 aromatic carbocycles. The summed E-state index contributed by atoms with van der Waals surface area (Å²) in [7, 11) is 0. The van der Waals surface area contributed by atoms with Gasteiger partial charge in [-0.3, -0.25) is 9.69 Å². The third-order valence-corrected chi connectivity index (χ3v) is 5.31. The minimum atomic E-state index is -0.271. The number of carbonyl (C=O) groups is 1. The molecule has 2 aromatic rings. The Morgan fingerprint density at radius 2 is 1.83 bits per heavy atom. The Bertz CT molecular complexity index is 796. The lowest BCUT2D eigenvalue weighted by Gasteiger charge is -2.30. The van der Waals surface area contributed by atoms with E-state index in [0.29, 0.717) is 33.8 Å². The van der Waals surface area contributed by atoms with E-state index in [2.05, 4.69) is 12.1 Å². The maximum atomic E-state index is 12.9. The van der Waals surface area contributed by atoms with Crippen LogP contribution in [-0.4, -0.2) is 22.0 Å². The molecule has 0 radical (unpaired) electrons. The zero-order valence-electron chi connectivity index (χ0n) is 12.0. The Kier molecular flexibility index (Phi) is 3.56. The summed E-state index contributed by atoms with van der Waals surface area (Å²) in [6.07, 6.45) is 0.657. The Balaban J connectivity index is 1.75. The van der Waals surface area contributed by atoms with Crippen LogP contribution in [0.15, 0.2) is 42.5 Å². The quantitative estimate of drug-likeness (QED) is 0.715. The van der Waals surface area contributed by atoms with Crippen LogP contribution in [0.25, 0.3) is 0 Å². The van der Waals surface area contributed by atoms with E-state index in [4.69, 9.17) is 35.4 Å². The van der Waals surface area contributed by atoms with Gasteiger partial charge in [0.1, 0.15) is 6.04 Å². The number of fused-ring (bicyclic) bond motifs is 2. The van der Waals surface area contributed by atoms with Gasteiger partial charge in [-0.2, -0.15) is 0 Å². The van der Waals surface area contributed by atoms with Gasteiger partial charge >= 0.3 is 0 Å². The Morgan fingerprint density at radius 3 is 2.61 bits per heavy atom. The third-order valence-electron chi connectivity index (χ3n) is 4.34. The van der Waals surface area contributed by atoms with Crippen LogP contribution >= 0.6 is 35.4 Å². The van der Waals surface area contributed by atoms with Gasteiger partial charge in [0.05, 0.1) is 10.7 Å². The number of rotatable bonds is 1. The molecule has 0 spiro atoms. The van der Waals surface area contributed by atoms with Crippen molar-refractivity contribution in [3.05, 3.63) is 63.6 Å². The Labute approximate surface area is 149 Å². The van der Waals surface area contributed by atoms with Gasteiger partial charge in [-0.1, -0.05) is 47.5 Å². The maximum absolute atomic E-state index is 12.9. The van der Waals surface area contributed by atoms with Gasteiger partial charge < -0.3 is 4.90 Å². The number of halogens is 2. The SMILES string of the molecule is O=C1[C@@H]2Cc3ccccc3CN2C(=S)N1c1cc(Cl)ccc1Cl. The van der Waals surface area contributed by atoms with Crippen LogP contribution in [0.2, 0.25) is 10.0 Å². The standard InChI is InChI=1S/C17H12Cl2N2OS/c18-12-5-6-13(19)14(8-12)21-16(22)15-7-10-3-1-2-4-11(10)9-20(15)17(21)23/h1-6,8,15H,7,9H2/t15-/m0/s1. The molecule has 1 amide bonds. The summed E-state index contributed by atoms with van der Waals surface area (Å²) >= 11 is 17.9. The van der Waals surface area contributed by atoms with Crippen molar-refractivity contribution in [2.45, 2.75) is 19.0 Å². The molecular formula is C17H12Cl2N2OS. The molecule has 0 bridgehead atoms. The fourth-order valence-electron chi connectivity index (χ4n) is 3.20. The molecule has 2 aliphatic heterocycles. The molecule has 2 aliphatic rings. The molecule has 1 saturated heterocycles. The lowest BCUT2D eigenvalue weighted by molar-refractivity contribution is -0.119. The number of hydrogen-bond donors (Lipinski definition) is 0. The first-order valence-corrected chi connectivity index (χ1v) is 8.39. The maximum Gasteiger partial charge on any atom is 0.256 e. The molecule has 3 nitrogen and oxygen atoms in total. The van der Waals surface area contributed by atoms with E-state index in [1.807, 2.05) is 17.0 Å². The van der Waals surface area contributed by atoms with E-state index < -0.39 is 0 Å². The fraction of sp³-hybridized carbons (Fsp3) is 0.176. The highest BCUT2D eigenvalue weighted by Gasteiger charge is 2.45. The van der Waals surface area contributed by atoms with E-state index in [1.54, 1.807) is 18.2 Å². The molecular weight excluding hydrogens is 351 g/mol. The van der Waals surface area contributed by atoms with Crippen molar-refractivity contribution in [3.8, 4) is 0 Å². The van der Waals surface area contributed by atoms with Gasteiger partial charge in [0.15, 0.2) is 5.11 Å². The van der Waals surface area contributed by atoms with Crippen LogP contribution in [-0.2, 0) is 17.8 Å². The Hall–Kier alpha value is -1.62. The molecule has 4 rings (SSSR count). The van der Waals surface area contributed by atoms with Crippen LogP contribution in [0, 0.1) is 0 Å². The normalized spacial score (nSPS) is 19.8. The smallest absolute Gasteiger partial charge is 0.256 e. The van der Waals surface area contributed by atoms with Crippen LogP contribution in [0.3, 0.4) is 0 Å². The van der Waals surface area contributed by atoms with Crippen LogP contribution in [0.1, 0.15) is 11.1 Å². The van der Waals surface area contributed by atoms with Gasteiger partial charge in [-0.25, -0.2) is 0 Å². The number of thiocarbonyl (C=S) groups is 1. The molecule has 0 unspecified atom stereocenters. The minimum absolute atomic E-state index is 0.0475. The summed E-state index contributed by atoms with van der Waals surface area (Å²) in [6.45, 7) is 0.639. The van der Waals surface area contributed by atoms with Gasteiger partial charge in [0.2, 0.25) is 0 Å². The molecule has 6 heteroatoms. The first-order valence-electron chi connectivity index (χ1n) is 7.22. The predicted octanol–water partition coefficient (Wildman–Crippen LogP) is 4.05. The second kappa shape index (κ2) is 5.48. The van der Waals surface area contributed by atoms with E-state index in [9.17, 15) is 4.79 Å². The van der Waals surface area contributed by atoms with Crippen molar-refractivity contribution in [3.63, 3.8) is 0 Å². The second-order valence-electron chi connectivity index (χ2n) is 5.67. The summed E-state index contributed by atoms with van der Waals surface area (Å²) < 4.78 is 0. The van der Waals surface area contributed by atoms with Gasteiger partial charge in [-0.15, -0.1) is 0 Å². The number of carbonyl (C=O) groups excluding carboxylic acids is 1. The van der Waals surface area contributed by atoms with Gasteiger partial charge in [-0.05, 0) is 41.5 Å². The number of benzene rings is 2. The number of hydrogen-bond acceptors (Lipinski definition) is 2. The lowest BCUT2D eigenvalue weighted by atomic mass is 9.95. The summed E-state index contributed by atoms with van der Waals surface area (Å²) in [5, 5.41) is 1.47. The summed E-state index contributed by atoms with van der Waals surface area (Å²) in [5.74, 6) is -0.0475.